The van der Waals surface area contributed by atoms with E-state index in [1.807, 2.05) is 27.7 Å². The van der Waals surface area contributed by atoms with Gasteiger partial charge in [-0.25, -0.2) is 0 Å². The monoisotopic (exact) mass is 947 g/mol. The number of ether oxygens (including phenoxy) is 10. The van der Waals surface area contributed by atoms with Crippen LogP contribution in [0.3, 0.4) is 0 Å². The maximum atomic E-state index is 12.3. The minimum Gasteiger partial charge on any atom is -0.466 e. The zero-order chi connectivity index (χ0) is 48.2. The van der Waals surface area contributed by atoms with Crippen molar-refractivity contribution < 1.29 is 57.0 Å². The van der Waals surface area contributed by atoms with Crippen molar-refractivity contribution in [3.8, 4) is 0 Å². The Balaban J connectivity index is 4.14. The number of carbonyl (C=O) groups excluding carboxylic acids is 2. The topological polar surface area (TPSA) is 126 Å². The Morgan fingerprint density at radius 3 is 0.818 bits per heavy atom. The van der Waals surface area contributed by atoms with Gasteiger partial charge < -0.3 is 47.4 Å². The fraction of sp³-hybridized carbons (Fsp3) is 0.963. The van der Waals surface area contributed by atoms with Crippen LogP contribution in [0.2, 0.25) is 0 Å². The fourth-order valence-corrected chi connectivity index (χ4v) is 8.00. The molecule has 0 saturated carbocycles. The van der Waals surface area contributed by atoms with Crippen molar-refractivity contribution in [3.63, 3.8) is 0 Å². The van der Waals surface area contributed by atoms with Gasteiger partial charge in [0.25, 0.3) is 0 Å². The maximum Gasteiger partial charge on any atom is 0.305 e. The van der Waals surface area contributed by atoms with Crippen LogP contribution >= 0.6 is 0 Å². The van der Waals surface area contributed by atoms with E-state index in [1.54, 1.807) is 0 Å². The molecular formula is C54H106O12. The highest BCUT2D eigenvalue weighted by Gasteiger charge is 2.24. The van der Waals surface area contributed by atoms with Gasteiger partial charge in [0.05, 0.1) is 37.6 Å². The largest absolute Gasteiger partial charge is 0.466 e. The van der Waals surface area contributed by atoms with Crippen LogP contribution in [0.4, 0.5) is 0 Å². The third kappa shape index (κ3) is 43.9. The van der Waals surface area contributed by atoms with Crippen molar-refractivity contribution in [1.29, 1.82) is 0 Å². The summed E-state index contributed by atoms with van der Waals surface area (Å²) in [6.07, 6.45) is 33.4. The first-order valence-corrected chi connectivity index (χ1v) is 27.6. The Labute approximate surface area is 406 Å². The normalized spacial score (nSPS) is 13.5. The van der Waals surface area contributed by atoms with Crippen LogP contribution in [0.15, 0.2) is 0 Å². The summed E-state index contributed by atoms with van der Waals surface area (Å²) < 4.78 is 57.8. The Kier molecular flexibility index (Phi) is 51.9. The van der Waals surface area contributed by atoms with Crippen LogP contribution in [-0.2, 0) is 57.0 Å². The quantitative estimate of drug-likeness (QED) is 0.0327. The number of hydrogen-bond acceptors (Lipinski definition) is 12. The number of esters is 2. The Morgan fingerprint density at radius 1 is 0.303 bits per heavy atom. The SMILES string of the molecule is CCCCCCCCC(OCOCC)C(CCCCCCCC(=O)OCCCCCCOC(=O)CCCCCCCC(OCOCC)C(CCCCCCCC)OCOCC)OCOCC. The Morgan fingerprint density at radius 2 is 0.545 bits per heavy atom. The average molecular weight is 947 g/mol. The van der Waals surface area contributed by atoms with Crippen molar-refractivity contribution in [3.05, 3.63) is 0 Å². The lowest BCUT2D eigenvalue weighted by Crippen LogP contribution is -2.33. The zero-order valence-corrected chi connectivity index (χ0v) is 43.9. The molecule has 0 spiro atoms. The lowest BCUT2D eigenvalue weighted by atomic mass is 9.99. The Bertz CT molecular complexity index is 911. The van der Waals surface area contributed by atoms with Gasteiger partial charge >= 0.3 is 11.9 Å². The minimum absolute atomic E-state index is 0.00134. The lowest BCUT2D eigenvalue weighted by molar-refractivity contribution is -0.170. The first-order chi connectivity index (χ1) is 32.5. The predicted molar refractivity (Wildman–Crippen MR) is 266 cm³/mol. The summed E-state index contributed by atoms with van der Waals surface area (Å²) >= 11 is 0. The van der Waals surface area contributed by atoms with Gasteiger partial charge in [-0.3, -0.25) is 9.59 Å². The van der Waals surface area contributed by atoms with Gasteiger partial charge in [-0.1, -0.05) is 142 Å². The van der Waals surface area contributed by atoms with Crippen LogP contribution in [0.25, 0.3) is 0 Å². The van der Waals surface area contributed by atoms with E-state index in [9.17, 15) is 9.59 Å². The molecule has 4 atom stereocenters. The molecule has 0 aromatic carbocycles. The molecule has 0 aliphatic heterocycles. The molecule has 0 aromatic heterocycles. The van der Waals surface area contributed by atoms with E-state index in [0.29, 0.717) is 66.1 Å². The molecule has 12 nitrogen and oxygen atoms in total. The van der Waals surface area contributed by atoms with Gasteiger partial charge in [0.2, 0.25) is 0 Å². The summed E-state index contributed by atoms with van der Waals surface area (Å²) in [4.78, 5) is 24.6. The molecule has 0 amide bonds. The molecule has 0 fully saturated rings. The van der Waals surface area contributed by atoms with E-state index in [-0.39, 0.29) is 49.9 Å². The summed E-state index contributed by atoms with van der Waals surface area (Å²) in [7, 11) is 0. The standard InChI is InChI=1S/C54H106O12/c1-7-13-15-17-21-29-37-49(63-45-57-9-3)51(65-47-59-11-5)39-31-23-19-25-33-41-53(55)61-43-35-27-28-36-44-62-54(56)42-34-26-20-24-32-40-52(66-48-60-12-6)50(64-46-58-10-4)38-30-22-18-16-14-8-2/h49-52H,7-48H2,1-6H3. The van der Waals surface area contributed by atoms with Crippen LogP contribution in [0.1, 0.15) is 247 Å². The van der Waals surface area contributed by atoms with Gasteiger partial charge in [0, 0.05) is 39.3 Å². The summed E-state index contributed by atoms with van der Waals surface area (Å²) in [6.45, 7) is 17.0. The van der Waals surface area contributed by atoms with E-state index >= 15 is 0 Å². The van der Waals surface area contributed by atoms with Gasteiger partial charge in [-0.2, -0.15) is 0 Å². The lowest BCUT2D eigenvalue weighted by Gasteiger charge is -2.27. The number of hydrogen-bond donors (Lipinski definition) is 0. The van der Waals surface area contributed by atoms with Crippen molar-refractivity contribution in [2.75, 3.05) is 66.8 Å². The van der Waals surface area contributed by atoms with Gasteiger partial charge in [-0.05, 0) is 91.9 Å². The third-order valence-corrected chi connectivity index (χ3v) is 12.1. The van der Waals surface area contributed by atoms with E-state index in [2.05, 4.69) is 13.8 Å². The molecule has 0 rings (SSSR count). The van der Waals surface area contributed by atoms with E-state index < -0.39 is 0 Å². The van der Waals surface area contributed by atoms with Crippen LogP contribution in [0, 0.1) is 0 Å². The van der Waals surface area contributed by atoms with Gasteiger partial charge in [0.15, 0.2) is 0 Å². The molecule has 0 heterocycles. The molecule has 0 radical (unpaired) electrons. The average Bonchev–Trinajstić information content (AvgIpc) is 3.31. The highest BCUT2D eigenvalue weighted by Crippen LogP contribution is 2.23. The molecule has 0 saturated heterocycles. The summed E-state index contributed by atoms with van der Waals surface area (Å²) in [5.74, 6) is -0.216. The van der Waals surface area contributed by atoms with Crippen molar-refractivity contribution in [1.82, 2.24) is 0 Å². The second kappa shape index (κ2) is 53.0. The van der Waals surface area contributed by atoms with E-state index in [0.717, 1.165) is 128 Å². The minimum atomic E-state index is -0.108. The fourth-order valence-electron chi connectivity index (χ4n) is 8.00. The third-order valence-electron chi connectivity index (χ3n) is 12.1. The first kappa shape index (κ1) is 64.6. The molecule has 0 N–H and O–H groups in total. The highest BCUT2D eigenvalue weighted by molar-refractivity contribution is 5.69. The molecular weight excluding hydrogens is 841 g/mol. The number of rotatable bonds is 55. The molecule has 0 aliphatic rings. The smallest absolute Gasteiger partial charge is 0.305 e. The predicted octanol–water partition coefficient (Wildman–Crippen LogP) is 14.1. The Hall–Kier alpha value is -1.38. The molecule has 4 unspecified atom stereocenters. The van der Waals surface area contributed by atoms with Crippen molar-refractivity contribution >= 4 is 11.9 Å². The summed E-state index contributed by atoms with van der Waals surface area (Å²) in [5, 5.41) is 0. The first-order valence-electron chi connectivity index (χ1n) is 27.6. The van der Waals surface area contributed by atoms with Crippen LogP contribution in [-0.4, -0.2) is 103 Å². The van der Waals surface area contributed by atoms with Crippen LogP contribution < -0.4 is 0 Å². The molecule has 12 heteroatoms. The van der Waals surface area contributed by atoms with Gasteiger partial charge in [0.1, 0.15) is 27.2 Å². The summed E-state index contributed by atoms with van der Waals surface area (Å²) in [6, 6.07) is 0. The molecule has 0 aromatic rings. The zero-order valence-electron chi connectivity index (χ0n) is 43.9. The summed E-state index contributed by atoms with van der Waals surface area (Å²) in [5.41, 5.74) is 0. The van der Waals surface area contributed by atoms with Crippen molar-refractivity contribution in [2.45, 2.75) is 271 Å². The highest BCUT2D eigenvalue weighted by atomic mass is 16.7. The molecule has 0 bridgehead atoms. The molecule has 394 valence electrons. The second-order valence-corrected chi connectivity index (χ2v) is 17.8. The maximum absolute atomic E-state index is 12.3. The van der Waals surface area contributed by atoms with Crippen molar-refractivity contribution in [2.24, 2.45) is 0 Å². The molecule has 0 aliphatic carbocycles. The van der Waals surface area contributed by atoms with E-state index in [1.165, 1.54) is 64.2 Å². The number of unbranched alkanes of at least 4 members (excludes halogenated alkanes) is 21. The molecule has 66 heavy (non-hydrogen) atoms. The van der Waals surface area contributed by atoms with E-state index in [4.69, 9.17) is 47.4 Å². The van der Waals surface area contributed by atoms with Crippen LogP contribution in [0.5, 0.6) is 0 Å². The van der Waals surface area contributed by atoms with Gasteiger partial charge in [-0.15, -0.1) is 0 Å². The second-order valence-electron chi connectivity index (χ2n) is 17.8. The number of carbonyl (C=O) groups is 2.